The second-order valence-electron chi connectivity index (χ2n) is 7.74. The number of rotatable bonds is 4. The van der Waals surface area contributed by atoms with Crippen molar-refractivity contribution in [2.24, 2.45) is 5.92 Å². The average Bonchev–Trinajstić information content (AvgIpc) is 3.30. The smallest absolute Gasteiger partial charge is 0.226 e. The second kappa shape index (κ2) is 6.02. The molecule has 6 heteroatoms. The summed E-state index contributed by atoms with van der Waals surface area (Å²) in [4.78, 5) is 14.1. The van der Waals surface area contributed by atoms with E-state index in [1.807, 2.05) is 9.47 Å². The number of aliphatic hydroxyl groups excluding tert-OH is 1. The lowest BCUT2D eigenvalue weighted by Gasteiger charge is -2.29. The number of likely N-dealkylation sites (tertiary alicyclic amines) is 1. The van der Waals surface area contributed by atoms with Crippen molar-refractivity contribution in [3.05, 3.63) is 48.0 Å². The summed E-state index contributed by atoms with van der Waals surface area (Å²) in [6.07, 6.45) is 2.12. The van der Waals surface area contributed by atoms with Gasteiger partial charge in [0.25, 0.3) is 0 Å². The molecule has 3 atom stereocenters. The molecule has 1 saturated heterocycles. The van der Waals surface area contributed by atoms with E-state index in [9.17, 15) is 18.7 Å². The Morgan fingerprint density at radius 2 is 1.63 bits per heavy atom. The van der Waals surface area contributed by atoms with Crippen LogP contribution < -0.4 is 0 Å². The molecule has 4 nitrogen and oxygen atoms in total. The van der Waals surface area contributed by atoms with Gasteiger partial charge in [-0.15, -0.1) is 0 Å². The zero-order valence-electron chi connectivity index (χ0n) is 14.7. The van der Waals surface area contributed by atoms with E-state index in [0.29, 0.717) is 17.3 Å². The Morgan fingerprint density at radius 3 is 2.19 bits per heavy atom. The highest BCUT2D eigenvalue weighted by molar-refractivity contribution is 6.08. The van der Waals surface area contributed by atoms with Crippen molar-refractivity contribution in [1.82, 2.24) is 9.47 Å². The SMILES string of the molecule is O=C1[C@H]2CC[C@H](C2)N1C[C@H](O)Cn1c2ccc(F)cc2c2cc(F)ccc21. The van der Waals surface area contributed by atoms with Crippen molar-refractivity contribution in [1.29, 1.82) is 0 Å². The zero-order chi connectivity index (χ0) is 18.7. The largest absolute Gasteiger partial charge is 0.389 e. The van der Waals surface area contributed by atoms with E-state index in [2.05, 4.69) is 0 Å². The predicted octanol–water partition coefficient (Wildman–Crippen LogP) is 3.44. The van der Waals surface area contributed by atoms with Gasteiger partial charge in [0.2, 0.25) is 5.91 Å². The molecule has 140 valence electrons. The molecule has 0 radical (unpaired) electrons. The zero-order valence-corrected chi connectivity index (χ0v) is 14.7. The van der Waals surface area contributed by atoms with E-state index in [-0.39, 0.29) is 36.0 Å². The maximum Gasteiger partial charge on any atom is 0.226 e. The Labute approximate surface area is 155 Å². The summed E-state index contributed by atoms with van der Waals surface area (Å²) < 4.78 is 29.4. The minimum atomic E-state index is -0.748. The van der Waals surface area contributed by atoms with Gasteiger partial charge in [-0.2, -0.15) is 0 Å². The van der Waals surface area contributed by atoms with Crippen LogP contribution in [0.15, 0.2) is 36.4 Å². The van der Waals surface area contributed by atoms with Crippen molar-refractivity contribution in [2.45, 2.75) is 38.0 Å². The summed E-state index contributed by atoms with van der Waals surface area (Å²) in [5.74, 6) is -0.492. The molecule has 1 amide bonds. The van der Waals surface area contributed by atoms with Crippen LogP contribution in [0, 0.1) is 17.6 Å². The number of carbonyl (C=O) groups is 1. The first-order chi connectivity index (χ1) is 13.0. The van der Waals surface area contributed by atoms with Crippen LogP contribution >= 0.6 is 0 Å². The van der Waals surface area contributed by atoms with Gasteiger partial charge >= 0.3 is 0 Å². The van der Waals surface area contributed by atoms with E-state index in [1.54, 1.807) is 12.1 Å². The fraction of sp³-hybridized carbons (Fsp3) is 0.381. The molecule has 27 heavy (non-hydrogen) atoms. The standard InChI is InChI=1S/C21H20F2N2O2/c22-13-2-5-19-17(8-13)18-9-14(23)3-6-20(18)25(19)11-16(26)10-24-15-4-1-12(7-15)21(24)27/h2-3,5-6,8-9,12,15-16,26H,1,4,7,10-11H2/t12-,15+,16-/m0/s1. The number of nitrogens with zero attached hydrogens (tertiary/aromatic N) is 2. The molecule has 2 heterocycles. The molecule has 1 aliphatic heterocycles. The van der Waals surface area contributed by atoms with E-state index >= 15 is 0 Å². The van der Waals surface area contributed by atoms with Gasteiger partial charge in [-0.25, -0.2) is 8.78 Å². The second-order valence-corrected chi connectivity index (χ2v) is 7.74. The Hall–Kier alpha value is -2.47. The number of amides is 1. The molecule has 1 aromatic heterocycles. The van der Waals surface area contributed by atoms with Crippen LogP contribution in [0.25, 0.3) is 21.8 Å². The number of aromatic nitrogens is 1. The van der Waals surface area contributed by atoms with Crippen molar-refractivity contribution in [3.8, 4) is 0 Å². The normalized spacial score (nSPS) is 23.1. The van der Waals surface area contributed by atoms with Gasteiger partial charge in [0.15, 0.2) is 0 Å². The van der Waals surface area contributed by atoms with Gasteiger partial charge in [-0.1, -0.05) is 0 Å². The summed E-state index contributed by atoms with van der Waals surface area (Å²) >= 11 is 0. The molecule has 1 N–H and O–H groups in total. The fourth-order valence-electron chi connectivity index (χ4n) is 4.86. The Morgan fingerprint density at radius 1 is 1.00 bits per heavy atom. The van der Waals surface area contributed by atoms with E-state index in [0.717, 1.165) is 30.3 Å². The number of fused-ring (bicyclic) bond motifs is 5. The summed E-state index contributed by atoms with van der Waals surface area (Å²) in [6, 6.07) is 9.06. The van der Waals surface area contributed by atoms with Crippen molar-refractivity contribution >= 4 is 27.7 Å². The van der Waals surface area contributed by atoms with E-state index < -0.39 is 6.10 Å². The predicted molar refractivity (Wildman–Crippen MR) is 98.2 cm³/mol. The average molecular weight is 370 g/mol. The Bertz CT molecular complexity index is 1000. The molecule has 2 fully saturated rings. The third kappa shape index (κ3) is 2.62. The summed E-state index contributed by atoms with van der Waals surface area (Å²) in [6.45, 7) is 0.558. The van der Waals surface area contributed by atoms with Crippen LogP contribution in [0.2, 0.25) is 0 Å². The minimum absolute atomic E-state index is 0.126. The van der Waals surface area contributed by atoms with Crippen LogP contribution in [0.4, 0.5) is 8.78 Å². The van der Waals surface area contributed by atoms with Crippen LogP contribution in [-0.2, 0) is 11.3 Å². The third-order valence-corrected chi connectivity index (χ3v) is 6.07. The first kappa shape index (κ1) is 16.7. The Balaban J connectivity index is 1.49. The van der Waals surface area contributed by atoms with Gasteiger partial charge < -0.3 is 14.6 Å². The monoisotopic (exact) mass is 370 g/mol. The highest BCUT2D eigenvalue weighted by atomic mass is 19.1. The molecule has 3 aromatic rings. The highest BCUT2D eigenvalue weighted by Crippen LogP contribution is 2.38. The lowest BCUT2D eigenvalue weighted by atomic mass is 10.1. The van der Waals surface area contributed by atoms with Gasteiger partial charge in [0, 0.05) is 40.3 Å². The van der Waals surface area contributed by atoms with Crippen LogP contribution in [-0.4, -0.2) is 39.2 Å². The van der Waals surface area contributed by atoms with Crippen LogP contribution in [0.5, 0.6) is 0 Å². The Kier molecular flexibility index (Phi) is 3.72. The van der Waals surface area contributed by atoms with Gasteiger partial charge in [-0.05, 0) is 55.7 Å². The third-order valence-electron chi connectivity index (χ3n) is 6.07. The molecule has 2 bridgehead atoms. The lowest BCUT2D eigenvalue weighted by molar-refractivity contribution is -0.135. The molecule has 1 saturated carbocycles. The maximum absolute atomic E-state index is 13.7. The van der Waals surface area contributed by atoms with E-state index in [4.69, 9.17) is 0 Å². The highest BCUT2D eigenvalue weighted by Gasteiger charge is 2.44. The number of benzene rings is 2. The molecular weight excluding hydrogens is 350 g/mol. The van der Waals surface area contributed by atoms with Crippen molar-refractivity contribution < 1.29 is 18.7 Å². The summed E-state index contributed by atoms with van der Waals surface area (Å²) in [5.41, 5.74) is 1.48. The van der Waals surface area contributed by atoms with Crippen LogP contribution in [0.1, 0.15) is 19.3 Å². The number of hydrogen-bond acceptors (Lipinski definition) is 2. The summed E-state index contributed by atoms with van der Waals surface area (Å²) in [5, 5.41) is 11.9. The minimum Gasteiger partial charge on any atom is -0.389 e. The molecule has 0 unspecified atom stereocenters. The topological polar surface area (TPSA) is 45.5 Å². The number of aliphatic hydroxyl groups is 1. The van der Waals surface area contributed by atoms with Gasteiger partial charge in [0.1, 0.15) is 11.6 Å². The summed E-state index contributed by atoms with van der Waals surface area (Å²) in [7, 11) is 0. The number of carbonyl (C=O) groups excluding carboxylic acids is 1. The van der Waals surface area contributed by atoms with Crippen molar-refractivity contribution in [3.63, 3.8) is 0 Å². The van der Waals surface area contributed by atoms with Crippen molar-refractivity contribution in [2.75, 3.05) is 6.54 Å². The molecule has 2 aromatic carbocycles. The molecular formula is C21H20F2N2O2. The number of β-amino-alcohol motifs (C(OH)–C–C–N with tert-alkyl or cyclic N) is 1. The molecule has 5 rings (SSSR count). The molecule has 0 spiro atoms. The maximum atomic E-state index is 13.7. The first-order valence-corrected chi connectivity index (χ1v) is 9.37. The quantitative estimate of drug-likeness (QED) is 0.765. The van der Waals surface area contributed by atoms with Gasteiger partial charge in [-0.3, -0.25) is 4.79 Å². The fourth-order valence-corrected chi connectivity index (χ4v) is 4.86. The molecule has 1 aliphatic carbocycles. The number of hydrogen-bond donors (Lipinski definition) is 1. The van der Waals surface area contributed by atoms with E-state index in [1.165, 1.54) is 24.3 Å². The molecule has 2 aliphatic rings. The number of piperidine rings is 1. The lowest BCUT2D eigenvalue weighted by Crippen LogP contribution is -2.43. The van der Waals surface area contributed by atoms with Crippen LogP contribution in [0.3, 0.4) is 0 Å². The first-order valence-electron chi connectivity index (χ1n) is 9.37. The number of halogens is 2. The van der Waals surface area contributed by atoms with Gasteiger partial charge in [0.05, 0.1) is 12.6 Å².